The van der Waals surface area contributed by atoms with E-state index >= 15 is 0 Å². The molecule has 0 atom stereocenters. The smallest absolute Gasteiger partial charge is 0.379 e. The van der Waals surface area contributed by atoms with Crippen molar-refractivity contribution in [2.24, 2.45) is 0 Å². The van der Waals surface area contributed by atoms with Gasteiger partial charge in [0.2, 0.25) is 5.91 Å². The van der Waals surface area contributed by atoms with Gasteiger partial charge >= 0.3 is 16.3 Å². The first-order valence-electron chi connectivity index (χ1n) is 7.70. The van der Waals surface area contributed by atoms with Crippen LogP contribution >= 0.6 is 0 Å². The summed E-state index contributed by atoms with van der Waals surface area (Å²) >= 11 is 0. The van der Waals surface area contributed by atoms with Crippen LogP contribution in [0, 0.1) is 0 Å². The highest BCUT2D eigenvalue weighted by Crippen LogP contribution is 2.35. The molecule has 0 saturated carbocycles. The molecule has 0 spiro atoms. The largest absolute Gasteiger partial charge is 0.417 e. The number of carbonyl (C=O) groups excluding carboxylic acids is 1. The Morgan fingerprint density at radius 2 is 1.65 bits per heavy atom. The van der Waals surface area contributed by atoms with E-state index in [1.165, 1.54) is 30.3 Å². The van der Waals surface area contributed by atoms with Crippen LogP contribution in [0.1, 0.15) is 18.4 Å². The molecular weight excluding hydrogens is 371 g/mol. The second-order valence-electron chi connectivity index (χ2n) is 5.67. The highest BCUT2D eigenvalue weighted by Gasteiger charge is 2.37. The lowest BCUT2D eigenvalue weighted by molar-refractivity contribution is -0.140. The van der Waals surface area contributed by atoms with Crippen molar-refractivity contribution in [3.05, 3.63) is 54.1 Å². The Labute approximate surface area is 148 Å². The molecule has 0 radical (unpaired) electrons. The van der Waals surface area contributed by atoms with Crippen LogP contribution in [0.3, 0.4) is 0 Å². The number of anilines is 1. The Hall–Kier alpha value is -2.55. The lowest BCUT2D eigenvalue weighted by Crippen LogP contribution is -2.23. The minimum atomic E-state index is -4.83. The van der Waals surface area contributed by atoms with Gasteiger partial charge in [0.05, 0.1) is 5.56 Å². The molecule has 3 rings (SSSR count). The third-order valence-electron chi connectivity index (χ3n) is 3.89. The van der Waals surface area contributed by atoms with Gasteiger partial charge in [0.1, 0.15) is 10.6 Å². The van der Waals surface area contributed by atoms with E-state index < -0.39 is 26.8 Å². The molecule has 0 N–H and O–H groups in total. The maximum absolute atomic E-state index is 13.0. The Morgan fingerprint density at radius 1 is 1.00 bits per heavy atom. The number of carbonyl (C=O) groups is 1. The monoisotopic (exact) mass is 385 g/mol. The molecule has 1 saturated heterocycles. The van der Waals surface area contributed by atoms with Crippen LogP contribution in [0.15, 0.2) is 53.4 Å². The van der Waals surface area contributed by atoms with Gasteiger partial charge in [0.15, 0.2) is 0 Å². The van der Waals surface area contributed by atoms with Gasteiger partial charge in [-0.2, -0.15) is 21.6 Å². The minimum Gasteiger partial charge on any atom is -0.379 e. The molecule has 1 fully saturated rings. The van der Waals surface area contributed by atoms with Crippen molar-refractivity contribution in [3.8, 4) is 5.75 Å². The Balaban J connectivity index is 1.86. The predicted molar refractivity (Wildman–Crippen MR) is 87.3 cm³/mol. The van der Waals surface area contributed by atoms with Gasteiger partial charge < -0.3 is 9.08 Å². The average Bonchev–Trinajstić information content (AvgIpc) is 3.00. The lowest BCUT2D eigenvalue weighted by Gasteiger charge is -2.16. The molecule has 0 unspecified atom stereocenters. The van der Waals surface area contributed by atoms with Crippen LogP contribution in [0.2, 0.25) is 0 Å². The number of benzene rings is 2. The fourth-order valence-corrected chi connectivity index (χ4v) is 3.85. The van der Waals surface area contributed by atoms with Crippen molar-refractivity contribution in [1.29, 1.82) is 0 Å². The standard InChI is InChI=1S/C17H14F3NO4S/c18-17(19,20)14-4-1-2-5-15(14)26(23,24)25-13-9-7-12(8-10-13)21-11-3-6-16(21)22/h1-2,4-5,7-10H,3,6,11H2. The van der Waals surface area contributed by atoms with Crippen LogP contribution in [0.4, 0.5) is 18.9 Å². The van der Waals surface area contributed by atoms with E-state index in [-0.39, 0.29) is 11.7 Å². The van der Waals surface area contributed by atoms with Gasteiger partial charge in [-0.3, -0.25) is 4.79 Å². The zero-order valence-corrected chi connectivity index (χ0v) is 14.2. The van der Waals surface area contributed by atoms with Gasteiger partial charge in [-0.05, 0) is 42.8 Å². The molecule has 2 aromatic carbocycles. The van der Waals surface area contributed by atoms with E-state index in [1.807, 2.05) is 0 Å². The third-order valence-corrected chi connectivity index (χ3v) is 5.20. The topological polar surface area (TPSA) is 63.7 Å². The first-order chi connectivity index (χ1) is 12.2. The van der Waals surface area contributed by atoms with Gasteiger partial charge in [0.25, 0.3) is 0 Å². The van der Waals surface area contributed by atoms with Crippen LogP contribution in [-0.4, -0.2) is 20.9 Å². The van der Waals surface area contributed by atoms with E-state index in [0.29, 0.717) is 24.7 Å². The van der Waals surface area contributed by atoms with Crippen LogP contribution in [-0.2, 0) is 21.1 Å². The zero-order valence-electron chi connectivity index (χ0n) is 13.4. The summed E-state index contributed by atoms with van der Waals surface area (Å²) in [6, 6.07) is 9.39. The van der Waals surface area contributed by atoms with Gasteiger partial charge in [-0.1, -0.05) is 12.1 Å². The van der Waals surface area contributed by atoms with E-state index in [0.717, 1.165) is 18.6 Å². The second-order valence-corrected chi connectivity index (χ2v) is 7.19. The first-order valence-corrected chi connectivity index (χ1v) is 9.10. The summed E-state index contributed by atoms with van der Waals surface area (Å²) in [4.78, 5) is 12.3. The molecule has 1 heterocycles. The molecule has 1 amide bonds. The third kappa shape index (κ3) is 3.67. The maximum atomic E-state index is 13.0. The predicted octanol–water partition coefficient (Wildman–Crippen LogP) is 3.60. The number of hydrogen-bond acceptors (Lipinski definition) is 4. The number of halogens is 3. The molecule has 0 aromatic heterocycles. The molecule has 9 heteroatoms. The number of alkyl halides is 3. The van der Waals surface area contributed by atoms with Gasteiger partial charge in [-0.15, -0.1) is 0 Å². The van der Waals surface area contributed by atoms with E-state index in [9.17, 15) is 26.4 Å². The van der Waals surface area contributed by atoms with Crippen molar-refractivity contribution >= 4 is 21.7 Å². The van der Waals surface area contributed by atoms with E-state index in [2.05, 4.69) is 0 Å². The molecule has 1 aliphatic rings. The Bertz CT molecular complexity index is 924. The van der Waals surface area contributed by atoms with E-state index in [4.69, 9.17) is 4.18 Å². The number of nitrogens with zero attached hydrogens (tertiary/aromatic N) is 1. The molecule has 0 bridgehead atoms. The highest BCUT2D eigenvalue weighted by molar-refractivity contribution is 7.87. The number of rotatable bonds is 4. The fraction of sp³-hybridized carbons (Fsp3) is 0.235. The normalized spacial score (nSPS) is 15.3. The summed E-state index contributed by atoms with van der Waals surface area (Å²) in [5.74, 6) is -0.178. The quantitative estimate of drug-likeness (QED) is 0.755. The second kappa shape index (κ2) is 6.64. The SMILES string of the molecule is O=C1CCCN1c1ccc(OS(=O)(=O)c2ccccc2C(F)(F)F)cc1. The summed E-state index contributed by atoms with van der Waals surface area (Å²) in [6.45, 7) is 0.566. The van der Waals surface area contributed by atoms with Crippen LogP contribution in [0.5, 0.6) is 5.75 Å². The molecule has 5 nitrogen and oxygen atoms in total. The lowest BCUT2D eigenvalue weighted by atomic mass is 10.2. The van der Waals surface area contributed by atoms with Gasteiger partial charge in [0, 0.05) is 18.7 Å². The average molecular weight is 385 g/mol. The van der Waals surface area contributed by atoms with Crippen molar-refractivity contribution < 1.29 is 30.6 Å². The molecule has 2 aromatic rings. The molecule has 26 heavy (non-hydrogen) atoms. The molecule has 1 aliphatic heterocycles. The van der Waals surface area contributed by atoms with E-state index in [1.54, 1.807) is 4.90 Å². The summed E-state index contributed by atoms with van der Waals surface area (Å²) in [5, 5.41) is 0. The maximum Gasteiger partial charge on any atom is 0.417 e. The van der Waals surface area contributed by atoms with Crippen LogP contribution in [0.25, 0.3) is 0 Å². The minimum absolute atomic E-state index is 0.0367. The van der Waals surface area contributed by atoms with Crippen molar-refractivity contribution in [1.82, 2.24) is 0 Å². The summed E-state index contributed by atoms with van der Waals surface area (Å²) in [5.41, 5.74) is -0.716. The first kappa shape index (κ1) is 18.2. The molecule has 138 valence electrons. The summed E-state index contributed by atoms with van der Waals surface area (Å²) in [7, 11) is -4.67. The van der Waals surface area contributed by atoms with Crippen molar-refractivity contribution in [2.45, 2.75) is 23.9 Å². The fourth-order valence-electron chi connectivity index (χ4n) is 2.69. The highest BCUT2D eigenvalue weighted by atomic mass is 32.2. The Kier molecular flexibility index (Phi) is 4.66. The molecule has 0 aliphatic carbocycles. The zero-order chi connectivity index (χ0) is 18.9. The van der Waals surface area contributed by atoms with Gasteiger partial charge in [-0.25, -0.2) is 0 Å². The van der Waals surface area contributed by atoms with Crippen molar-refractivity contribution in [3.63, 3.8) is 0 Å². The number of amides is 1. The summed E-state index contributed by atoms with van der Waals surface area (Å²) < 4.78 is 68.5. The Morgan fingerprint density at radius 3 is 2.23 bits per heavy atom. The summed E-state index contributed by atoms with van der Waals surface area (Å²) in [6.07, 6.45) is -3.65. The molecular formula is C17H14F3NO4S. The van der Waals surface area contributed by atoms with Crippen molar-refractivity contribution in [2.75, 3.05) is 11.4 Å². The van der Waals surface area contributed by atoms with Crippen LogP contribution < -0.4 is 9.08 Å². The number of hydrogen-bond donors (Lipinski definition) is 0.